The highest BCUT2D eigenvalue weighted by Crippen LogP contribution is 2.18. The summed E-state index contributed by atoms with van der Waals surface area (Å²) in [5.41, 5.74) is -0.0135. The van der Waals surface area contributed by atoms with Crippen LogP contribution in [0.5, 0.6) is 5.75 Å². The maximum absolute atomic E-state index is 11.1. The fourth-order valence-corrected chi connectivity index (χ4v) is 1.31. The number of carbonyl (C=O) groups is 2. The number of ether oxygens (including phenoxy) is 1. The quantitative estimate of drug-likeness (QED) is 0.518. The van der Waals surface area contributed by atoms with Gasteiger partial charge >= 0.3 is 11.9 Å². The number of alkyl halides is 1. The molecule has 0 aliphatic rings. The topological polar surface area (TPSA) is 63.6 Å². The number of carboxylic acid groups (broad SMARTS) is 1. The van der Waals surface area contributed by atoms with Gasteiger partial charge in [0.25, 0.3) is 0 Å². The second kappa shape index (κ2) is 5.50. The molecule has 0 bridgehead atoms. The summed E-state index contributed by atoms with van der Waals surface area (Å²) >= 11 is 3.09. The number of hydrogen-bond donors (Lipinski definition) is 1. The predicted molar refractivity (Wildman–Crippen MR) is 57.4 cm³/mol. The molecule has 0 amide bonds. The molecule has 1 aromatic rings. The fraction of sp³-hybridized carbons (Fsp3) is 0.200. The van der Waals surface area contributed by atoms with E-state index in [1.165, 1.54) is 12.1 Å². The molecular formula is C10H9BrO4. The summed E-state index contributed by atoms with van der Waals surface area (Å²) < 4.78 is 4.90. The van der Waals surface area contributed by atoms with Crippen LogP contribution in [-0.4, -0.2) is 22.4 Å². The van der Waals surface area contributed by atoms with Gasteiger partial charge in [0, 0.05) is 5.33 Å². The summed E-state index contributed by atoms with van der Waals surface area (Å²) in [4.78, 5) is 21.9. The first-order valence-corrected chi connectivity index (χ1v) is 5.36. The molecule has 5 heteroatoms. The molecule has 0 radical (unpaired) electrons. The van der Waals surface area contributed by atoms with Crippen molar-refractivity contribution in [3.05, 3.63) is 29.8 Å². The lowest BCUT2D eigenvalue weighted by Crippen LogP contribution is -2.11. The van der Waals surface area contributed by atoms with Gasteiger partial charge in [0.1, 0.15) is 11.3 Å². The lowest BCUT2D eigenvalue weighted by Gasteiger charge is -2.05. The van der Waals surface area contributed by atoms with Crippen molar-refractivity contribution >= 4 is 27.9 Å². The molecule has 15 heavy (non-hydrogen) atoms. The molecule has 0 aliphatic carbocycles. The van der Waals surface area contributed by atoms with Gasteiger partial charge in [0.2, 0.25) is 0 Å². The Morgan fingerprint density at radius 1 is 1.33 bits per heavy atom. The van der Waals surface area contributed by atoms with Crippen LogP contribution < -0.4 is 4.74 Å². The number of aromatic carboxylic acids is 1. The number of benzene rings is 1. The molecule has 1 rings (SSSR count). The van der Waals surface area contributed by atoms with Crippen LogP contribution in [0, 0.1) is 0 Å². The molecule has 4 nitrogen and oxygen atoms in total. The van der Waals surface area contributed by atoms with Crippen LogP contribution >= 0.6 is 15.9 Å². The van der Waals surface area contributed by atoms with Gasteiger partial charge in [-0.1, -0.05) is 28.1 Å². The number of halogens is 1. The number of hydrogen-bond acceptors (Lipinski definition) is 3. The normalized spacial score (nSPS) is 9.67. The minimum Gasteiger partial charge on any atom is -0.478 e. The Morgan fingerprint density at radius 2 is 2.00 bits per heavy atom. The summed E-state index contributed by atoms with van der Waals surface area (Å²) in [6, 6.07) is 6.03. The molecule has 0 saturated heterocycles. The zero-order valence-electron chi connectivity index (χ0n) is 7.77. The zero-order valence-corrected chi connectivity index (χ0v) is 9.36. The molecule has 80 valence electrons. The van der Waals surface area contributed by atoms with Crippen molar-refractivity contribution in [1.82, 2.24) is 0 Å². The van der Waals surface area contributed by atoms with Crippen molar-refractivity contribution in [2.45, 2.75) is 6.42 Å². The van der Waals surface area contributed by atoms with Crippen LogP contribution in [0.2, 0.25) is 0 Å². The summed E-state index contributed by atoms with van der Waals surface area (Å²) in [5, 5.41) is 9.30. The largest absolute Gasteiger partial charge is 0.478 e. The van der Waals surface area contributed by atoms with Gasteiger partial charge in [0.05, 0.1) is 6.42 Å². The molecule has 1 N–H and O–H groups in total. The number of para-hydroxylation sites is 1. The number of esters is 1. The molecule has 1 aromatic carbocycles. The van der Waals surface area contributed by atoms with Crippen molar-refractivity contribution < 1.29 is 19.4 Å². The second-order valence-corrected chi connectivity index (χ2v) is 3.51. The zero-order chi connectivity index (χ0) is 11.3. The average molecular weight is 273 g/mol. The van der Waals surface area contributed by atoms with Crippen LogP contribution in [-0.2, 0) is 4.79 Å². The van der Waals surface area contributed by atoms with Gasteiger partial charge in [-0.2, -0.15) is 0 Å². The van der Waals surface area contributed by atoms with Crippen LogP contribution in [0.1, 0.15) is 16.8 Å². The first-order valence-electron chi connectivity index (χ1n) is 4.24. The van der Waals surface area contributed by atoms with Crippen LogP contribution in [0.4, 0.5) is 0 Å². The molecule has 0 heterocycles. The maximum atomic E-state index is 11.1. The maximum Gasteiger partial charge on any atom is 0.339 e. The molecule has 0 saturated carbocycles. The summed E-state index contributed by atoms with van der Waals surface area (Å²) in [7, 11) is 0. The number of carbonyl (C=O) groups excluding carboxylic acids is 1. The van der Waals surface area contributed by atoms with Crippen LogP contribution in [0.3, 0.4) is 0 Å². The summed E-state index contributed by atoms with van der Waals surface area (Å²) in [5.74, 6) is -1.49. The lowest BCUT2D eigenvalue weighted by molar-refractivity contribution is -0.133. The van der Waals surface area contributed by atoms with Crippen molar-refractivity contribution in [3.8, 4) is 5.75 Å². The monoisotopic (exact) mass is 272 g/mol. The Bertz CT molecular complexity index is 375. The smallest absolute Gasteiger partial charge is 0.339 e. The Hall–Kier alpha value is -1.36. The minimum atomic E-state index is -1.11. The van der Waals surface area contributed by atoms with Gasteiger partial charge in [-0.15, -0.1) is 0 Å². The third kappa shape index (κ3) is 3.36. The van der Waals surface area contributed by atoms with E-state index in [4.69, 9.17) is 9.84 Å². The van der Waals surface area contributed by atoms with E-state index >= 15 is 0 Å². The average Bonchev–Trinajstić information content (AvgIpc) is 2.18. The highest BCUT2D eigenvalue weighted by molar-refractivity contribution is 9.09. The highest BCUT2D eigenvalue weighted by Gasteiger charge is 2.12. The molecule has 0 atom stereocenters. The molecule has 0 aliphatic heterocycles. The molecule has 0 spiro atoms. The minimum absolute atomic E-state index is 0.0135. The molecule has 0 unspecified atom stereocenters. The van der Waals surface area contributed by atoms with E-state index in [2.05, 4.69) is 15.9 Å². The van der Waals surface area contributed by atoms with E-state index in [9.17, 15) is 9.59 Å². The first-order chi connectivity index (χ1) is 7.15. The highest BCUT2D eigenvalue weighted by atomic mass is 79.9. The predicted octanol–water partition coefficient (Wildman–Crippen LogP) is 2.08. The third-order valence-corrected chi connectivity index (χ3v) is 2.04. The Kier molecular flexibility index (Phi) is 4.30. The number of rotatable bonds is 4. The Morgan fingerprint density at radius 3 is 2.60 bits per heavy atom. The standard InChI is InChI=1S/C10H9BrO4/c11-6-5-9(12)15-8-4-2-1-3-7(8)10(13)14/h1-4H,5-6H2,(H,13,14). The van der Waals surface area contributed by atoms with Gasteiger partial charge in [-0.05, 0) is 12.1 Å². The van der Waals surface area contributed by atoms with E-state index < -0.39 is 11.9 Å². The van der Waals surface area contributed by atoms with E-state index in [0.717, 1.165) is 0 Å². The van der Waals surface area contributed by atoms with Gasteiger partial charge in [-0.3, -0.25) is 4.79 Å². The Balaban J connectivity index is 2.84. The first kappa shape index (κ1) is 11.7. The van der Waals surface area contributed by atoms with E-state index in [1.54, 1.807) is 12.1 Å². The van der Waals surface area contributed by atoms with Crippen molar-refractivity contribution in [1.29, 1.82) is 0 Å². The van der Waals surface area contributed by atoms with E-state index in [1.807, 2.05) is 0 Å². The molecular weight excluding hydrogens is 264 g/mol. The van der Waals surface area contributed by atoms with Crippen LogP contribution in [0.25, 0.3) is 0 Å². The number of carboxylic acids is 1. The van der Waals surface area contributed by atoms with Gasteiger partial charge in [0.15, 0.2) is 0 Å². The fourth-order valence-electron chi connectivity index (χ4n) is 0.983. The summed E-state index contributed by atoms with van der Waals surface area (Å²) in [6.07, 6.45) is 0.202. The van der Waals surface area contributed by atoms with E-state index in [0.29, 0.717) is 5.33 Å². The van der Waals surface area contributed by atoms with Crippen molar-refractivity contribution in [3.63, 3.8) is 0 Å². The van der Waals surface area contributed by atoms with Crippen molar-refractivity contribution in [2.75, 3.05) is 5.33 Å². The third-order valence-electron chi connectivity index (χ3n) is 1.64. The molecule has 0 fully saturated rings. The summed E-state index contributed by atoms with van der Waals surface area (Å²) in [6.45, 7) is 0. The van der Waals surface area contributed by atoms with Crippen molar-refractivity contribution in [2.24, 2.45) is 0 Å². The van der Waals surface area contributed by atoms with E-state index in [-0.39, 0.29) is 17.7 Å². The van der Waals surface area contributed by atoms with Crippen LogP contribution in [0.15, 0.2) is 24.3 Å². The molecule has 0 aromatic heterocycles. The lowest BCUT2D eigenvalue weighted by atomic mass is 10.2. The van der Waals surface area contributed by atoms with Gasteiger partial charge < -0.3 is 9.84 Å². The second-order valence-electron chi connectivity index (χ2n) is 2.71. The SMILES string of the molecule is O=C(CCBr)Oc1ccccc1C(=O)O. The Labute approximate surface area is 95.0 Å². The van der Waals surface area contributed by atoms with Gasteiger partial charge in [-0.25, -0.2) is 4.79 Å².